The van der Waals surface area contributed by atoms with Crippen LogP contribution >= 0.6 is 22.6 Å². The highest BCUT2D eigenvalue weighted by atomic mass is 127. The van der Waals surface area contributed by atoms with Gasteiger partial charge in [0.1, 0.15) is 9.30 Å². The molecular formula is C18H26IN3O2. The van der Waals surface area contributed by atoms with Crippen LogP contribution in [0.5, 0.6) is 0 Å². The lowest BCUT2D eigenvalue weighted by atomic mass is 10.1. The summed E-state index contributed by atoms with van der Waals surface area (Å²) in [6.45, 7) is 7.43. The molecule has 1 saturated heterocycles. The number of ether oxygens (including phenoxy) is 1. The highest BCUT2D eigenvalue weighted by Gasteiger charge is 2.59. The molecule has 0 N–H and O–H groups in total. The Hall–Kier alpha value is -0.790. The fraction of sp³-hybridized carbons (Fsp3) is 0.778. The van der Waals surface area contributed by atoms with Crippen molar-refractivity contribution in [1.82, 2.24) is 14.7 Å². The highest BCUT2D eigenvalue weighted by molar-refractivity contribution is 14.1. The zero-order valence-electron chi connectivity index (χ0n) is 14.7. The van der Waals surface area contributed by atoms with Crippen molar-refractivity contribution in [3.63, 3.8) is 0 Å². The molecule has 3 fully saturated rings. The smallest absolute Gasteiger partial charge is 0.410 e. The molecule has 0 spiro atoms. The fourth-order valence-electron chi connectivity index (χ4n) is 4.51. The summed E-state index contributed by atoms with van der Waals surface area (Å²) in [7, 11) is 0. The zero-order chi connectivity index (χ0) is 17.1. The Morgan fingerprint density at radius 1 is 1.25 bits per heavy atom. The molecule has 5 nitrogen and oxygen atoms in total. The molecule has 1 aromatic rings. The van der Waals surface area contributed by atoms with Crippen molar-refractivity contribution in [3.05, 3.63) is 15.5 Å². The van der Waals surface area contributed by atoms with E-state index in [1.165, 1.54) is 31.4 Å². The first-order chi connectivity index (χ1) is 11.3. The van der Waals surface area contributed by atoms with Crippen LogP contribution in [0, 0.1) is 15.5 Å². The van der Waals surface area contributed by atoms with Gasteiger partial charge in [-0.15, -0.1) is 0 Å². The van der Waals surface area contributed by atoms with Crippen molar-refractivity contribution >= 4 is 28.7 Å². The summed E-state index contributed by atoms with van der Waals surface area (Å²) in [5, 5.41) is 4.78. The van der Waals surface area contributed by atoms with Gasteiger partial charge in [0.05, 0.1) is 6.04 Å². The summed E-state index contributed by atoms with van der Waals surface area (Å²) in [5.41, 5.74) is 0.991. The first-order valence-electron chi connectivity index (χ1n) is 9.06. The van der Waals surface area contributed by atoms with Gasteiger partial charge < -0.3 is 9.64 Å². The molecule has 3 aliphatic rings. The molecule has 1 aromatic heterocycles. The van der Waals surface area contributed by atoms with Crippen LogP contribution in [-0.2, 0) is 4.74 Å². The van der Waals surface area contributed by atoms with Crippen LogP contribution in [0.25, 0.3) is 0 Å². The molecule has 2 unspecified atom stereocenters. The fourth-order valence-corrected chi connectivity index (χ4v) is 5.06. The number of carbonyl (C=O) groups is 1. The van der Waals surface area contributed by atoms with Crippen LogP contribution in [0.4, 0.5) is 4.79 Å². The van der Waals surface area contributed by atoms with Crippen LogP contribution in [0.2, 0.25) is 0 Å². The number of likely N-dealkylation sites (tertiary alicyclic amines) is 1. The molecule has 24 heavy (non-hydrogen) atoms. The maximum atomic E-state index is 12.2. The summed E-state index contributed by atoms with van der Waals surface area (Å²) in [4.78, 5) is 14.1. The Morgan fingerprint density at radius 3 is 2.46 bits per heavy atom. The molecule has 6 heteroatoms. The minimum atomic E-state index is -0.416. The van der Waals surface area contributed by atoms with E-state index in [-0.39, 0.29) is 6.09 Å². The zero-order valence-corrected chi connectivity index (χ0v) is 16.8. The molecule has 2 aliphatic carbocycles. The van der Waals surface area contributed by atoms with Crippen LogP contribution < -0.4 is 0 Å². The van der Waals surface area contributed by atoms with E-state index in [2.05, 4.69) is 33.3 Å². The Morgan fingerprint density at radius 2 is 1.88 bits per heavy atom. The highest BCUT2D eigenvalue weighted by Crippen LogP contribution is 2.59. The van der Waals surface area contributed by atoms with Gasteiger partial charge in [-0.25, -0.2) is 4.79 Å². The van der Waals surface area contributed by atoms with Gasteiger partial charge in [0.25, 0.3) is 0 Å². The molecule has 2 saturated carbocycles. The van der Waals surface area contributed by atoms with Gasteiger partial charge in [0.2, 0.25) is 0 Å². The van der Waals surface area contributed by atoms with E-state index in [4.69, 9.17) is 9.84 Å². The van der Waals surface area contributed by atoms with Crippen molar-refractivity contribution in [3.8, 4) is 0 Å². The summed E-state index contributed by atoms with van der Waals surface area (Å²) in [5.74, 6) is 1.76. The molecule has 2 heterocycles. The van der Waals surface area contributed by atoms with Crippen molar-refractivity contribution < 1.29 is 9.53 Å². The lowest BCUT2D eigenvalue weighted by molar-refractivity contribution is 0.0270. The molecule has 0 radical (unpaired) electrons. The van der Waals surface area contributed by atoms with E-state index in [1.54, 1.807) is 0 Å². The number of piperidine rings is 1. The predicted octanol–water partition coefficient (Wildman–Crippen LogP) is 4.18. The second kappa shape index (κ2) is 5.88. The van der Waals surface area contributed by atoms with Crippen LogP contribution in [0.15, 0.2) is 6.07 Å². The SMILES string of the molecule is CC(C)(C)OC(=O)N1CC2C(C1)C2c1cc(I)nn1C1CCCC1. The van der Waals surface area contributed by atoms with Crippen LogP contribution in [-0.4, -0.2) is 39.5 Å². The van der Waals surface area contributed by atoms with Gasteiger partial charge >= 0.3 is 6.09 Å². The monoisotopic (exact) mass is 443 g/mol. The number of amides is 1. The third-order valence-electron chi connectivity index (χ3n) is 5.59. The van der Waals surface area contributed by atoms with Gasteiger partial charge in [0.15, 0.2) is 0 Å². The Bertz CT molecular complexity index is 633. The largest absolute Gasteiger partial charge is 0.444 e. The van der Waals surface area contributed by atoms with Crippen molar-refractivity contribution in [2.75, 3.05) is 13.1 Å². The lowest BCUT2D eigenvalue weighted by Crippen LogP contribution is -2.37. The maximum absolute atomic E-state index is 12.2. The number of aromatic nitrogens is 2. The van der Waals surface area contributed by atoms with Crippen LogP contribution in [0.1, 0.15) is 64.1 Å². The number of fused-ring (bicyclic) bond motifs is 1. The average molecular weight is 443 g/mol. The number of rotatable bonds is 2. The van der Waals surface area contributed by atoms with Crippen molar-refractivity contribution in [2.24, 2.45) is 11.8 Å². The molecule has 1 amide bonds. The van der Waals surface area contributed by atoms with Gasteiger partial charge in [-0.05, 0) is 74.1 Å². The Labute approximate surface area is 157 Å². The van der Waals surface area contributed by atoms with E-state index in [0.717, 1.165) is 16.8 Å². The quantitative estimate of drug-likeness (QED) is 0.645. The average Bonchev–Trinajstić information content (AvgIpc) is 2.98. The van der Waals surface area contributed by atoms with Gasteiger partial charge in [-0.2, -0.15) is 5.10 Å². The first-order valence-corrected chi connectivity index (χ1v) is 10.1. The molecular weight excluding hydrogens is 417 g/mol. The number of carbonyl (C=O) groups excluding carboxylic acids is 1. The van der Waals surface area contributed by atoms with Gasteiger partial charge in [-0.1, -0.05) is 12.8 Å². The molecule has 2 atom stereocenters. The molecule has 0 aromatic carbocycles. The van der Waals surface area contributed by atoms with E-state index >= 15 is 0 Å². The number of hydrogen-bond acceptors (Lipinski definition) is 3. The summed E-state index contributed by atoms with van der Waals surface area (Å²) in [6.07, 6.45) is 5.01. The molecule has 132 valence electrons. The normalized spacial score (nSPS) is 29.8. The Kier molecular flexibility index (Phi) is 4.09. The standard InChI is InChI=1S/C18H26IN3O2/c1-18(2,3)24-17(23)21-9-12-13(10-21)16(12)14-8-15(19)20-22(14)11-6-4-5-7-11/h8,11-13,16H,4-7,9-10H2,1-3H3. The summed E-state index contributed by atoms with van der Waals surface area (Å²) >= 11 is 2.33. The lowest BCUT2D eigenvalue weighted by Gasteiger charge is -2.26. The maximum Gasteiger partial charge on any atom is 0.410 e. The summed E-state index contributed by atoms with van der Waals surface area (Å²) < 4.78 is 8.92. The second-order valence-electron chi connectivity index (χ2n) is 8.51. The van der Waals surface area contributed by atoms with E-state index in [0.29, 0.717) is 23.8 Å². The van der Waals surface area contributed by atoms with E-state index in [9.17, 15) is 4.79 Å². The first kappa shape index (κ1) is 16.7. The van der Waals surface area contributed by atoms with Gasteiger partial charge in [0, 0.05) is 24.7 Å². The number of halogens is 1. The third-order valence-corrected chi connectivity index (χ3v) is 6.12. The molecule has 1 aliphatic heterocycles. The van der Waals surface area contributed by atoms with E-state index < -0.39 is 5.60 Å². The van der Waals surface area contributed by atoms with Gasteiger partial charge in [-0.3, -0.25) is 4.68 Å². The third kappa shape index (κ3) is 3.06. The van der Waals surface area contributed by atoms with Crippen LogP contribution in [0.3, 0.4) is 0 Å². The number of nitrogens with zero attached hydrogens (tertiary/aromatic N) is 3. The van der Waals surface area contributed by atoms with Crippen molar-refractivity contribution in [1.29, 1.82) is 0 Å². The molecule has 0 bridgehead atoms. The number of hydrogen-bond donors (Lipinski definition) is 0. The predicted molar refractivity (Wildman–Crippen MR) is 100.0 cm³/mol. The topological polar surface area (TPSA) is 47.4 Å². The minimum Gasteiger partial charge on any atom is -0.444 e. The minimum absolute atomic E-state index is 0.160. The summed E-state index contributed by atoms with van der Waals surface area (Å²) in [6, 6.07) is 2.85. The van der Waals surface area contributed by atoms with Crippen molar-refractivity contribution in [2.45, 2.75) is 64.0 Å². The second-order valence-corrected chi connectivity index (χ2v) is 9.62. The Balaban J connectivity index is 1.43. The van der Waals surface area contributed by atoms with E-state index in [1.807, 2.05) is 25.7 Å². The molecule has 4 rings (SSSR count).